The summed E-state index contributed by atoms with van der Waals surface area (Å²) in [5.41, 5.74) is 27.7. The Hall–Kier alpha value is -0.240. The first-order chi connectivity index (χ1) is 7.45. The van der Waals surface area contributed by atoms with E-state index < -0.39 is 12.0 Å². The van der Waals surface area contributed by atoms with Gasteiger partial charge in [-0.3, -0.25) is 11.5 Å². The van der Waals surface area contributed by atoms with Crippen molar-refractivity contribution < 1.29 is 4.74 Å². The van der Waals surface area contributed by atoms with Crippen molar-refractivity contribution in [3.63, 3.8) is 0 Å². The molecule has 0 unspecified atom stereocenters. The van der Waals surface area contributed by atoms with E-state index in [1.54, 1.807) is 0 Å². The number of nitrogens with two attached hydrogens (primary N) is 5. The Kier molecular flexibility index (Phi) is 5.10. The summed E-state index contributed by atoms with van der Waals surface area (Å²) in [4.78, 5) is 0. The van der Waals surface area contributed by atoms with Crippen molar-refractivity contribution in [1.29, 1.82) is 0 Å². The van der Waals surface area contributed by atoms with Crippen LogP contribution >= 0.6 is 0 Å². The minimum atomic E-state index is -1.43. The third-order valence-electron chi connectivity index (χ3n) is 3.39. The molecule has 0 heterocycles. The number of ether oxygens (including phenoxy) is 1. The van der Waals surface area contributed by atoms with Crippen molar-refractivity contribution >= 4 is 0 Å². The number of rotatable bonds is 5. The van der Waals surface area contributed by atoms with Crippen molar-refractivity contribution in [3.8, 4) is 0 Å². The van der Waals surface area contributed by atoms with Gasteiger partial charge < -0.3 is 21.9 Å². The summed E-state index contributed by atoms with van der Waals surface area (Å²) in [6.45, 7) is 1.30. The van der Waals surface area contributed by atoms with Gasteiger partial charge in [-0.15, -0.1) is 0 Å². The van der Waals surface area contributed by atoms with Crippen LogP contribution in [-0.4, -0.2) is 25.2 Å². The van der Waals surface area contributed by atoms with Crippen LogP contribution in [0.4, 0.5) is 0 Å². The molecule has 6 heteroatoms. The Morgan fingerprint density at radius 1 is 1.06 bits per heavy atom. The summed E-state index contributed by atoms with van der Waals surface area (Å²) in [5, 5.41) is 0. The highest BCUT2D eigenvalue weighted by molar-refractivity contribution is 4.77. The molecule has 1 aliphatic rings. The highest BCUT2D eigenvalue weighted by Crippen LogP contribution is 2.28. The van der Waals surface area contributed by atoms with E-state index in [1.165, 1.54) is 0 Å². The molecule has 1 fully saturated rings. The first-order valence-electron chi connectivity index (χ1n) is 5.88. The van der Waals surface area contributed by atoms with Gasteiger partial charge in [0.05, 0.1) is 6.61 Å². The first-order valence-corrected chi connectivity index (χ1v) is 5.88. The molecule has 0 spiro atoms. The maximum atomic E-state index is 5.63. The Balaban J connectivity index is 2.24. The van der Waals surface area contributed by atoms with Gasteiger partial charge in [0.25, 0.3) is 0 Å². The standard InChI is InChI=1S/C10H25N5O/c11-5-7-1-3-8(4-2-7)6-16-10(14,15)9(12)13/h7-9H,1-6,11-15H2. The summed E-state index contributed by atoms with van der Waals surface area (Å²) < 4.78 is 5.37. The fraction of sp³-hybridized carbons (Fsp3) is 1.00. The van der Waals surface area contributed by atoms with Crippen molar-refractivity contribution in [2.24, 2.45) is 40.5 Å². The fourth-order valence-electron chi connectivity index (χ4n) is 1.99. The van der Waals surface area contributed by atoms with Crippen molar-refractivity contribution in [1.82, 2.24) is 0 Å². The Labute approximate surface area is 96.8 Å². The number of hydrogen-bond acceptors (Lipinski definition) is 6. The van der Waals surface area contributed by atoms with Crippen molar-refractivity contribution in [3.05, 3.63) is 0 Å². The lowest BCUT2D eigenvalue weighted by Crippen LogP contribution is -2.68. The smallest absolute Gasteiger partial charge is 0.198 e. The van der Waals surface area contributed by atoms with Crippen LogP contribution in [0.5, 0.6) is 0 Å². The van der Waals surface area contributed by atoms with E-state index in [-0.39, 0.29) is 0 Å². The molecular formula is C10H25N5O. The van der Waals surface area contributed by atoms with E-state index in [2.05, 4.69) is 0 Å². The molecule has 0 radical (unpaired) electrons. The van der Waals surface area contributed by atoms with Gasteiger partial charge in [0.1, 0.15) is 6.17 Å². The van der Waals surface area contributed by atoms with Crippen LogP contribution in [0.15, 0.2) is 0 Å². The van der Waals surface area contributed by atoms with Crippen LogP contribution in [0.25, 0.3) is 0 Å². The monoisotopic (exact) mass is 231 g/mol. The normalized spacial score (nSPS) is 27.4. The van der Waals surface area contributed by atoms with Crippen LogP contribution in [-0.2, 0) is 4.74 Å². The minimum Gasteiger partial charge on any atom is -0.345 e. The summed E-state index contributed by atoms with van der Waals surface area (Å²) in [6.07, 6.45) is 3.66. The lowest BCUT2D eigenvalue weighted by Gasteiger charge is -2.33. The number of hydrogen-bond donors (Lipinski definition) is 5. The van der Waals surface area contributed by atoms with Crippen LogP contribution in [0.3, 0.4) is 0 Å². The predicted octanol–water partition coefficient (Wildman–Crippen LogP) is -1.42. The predicted molar refractivity (Wildman–Crippen MR) is 63.7 cm³/mol. The zero-order valence-electron chi connectivity index (χ0n) is 9.77. The van der Waals surface area contributed by atoms with Crippen LogP contribution in [0.1, 0.15) is 25.7 Å². The van der Waals surface area contributed by atoms with Gasteiger partial charge in [0, 0.05) is 0 Å². The molecule has 1 saturated carbocycles. The first kappa shape index (κ1) is 13.8. The Morgan fingerprint density at radius 2 is 1.56 bits per heavy atom. The Bertz CT molecular complexity index is 201. The second-order valence-corrected chi connectivity index (χ2v) is 4.81. The molecule has 0 aromatic heterocycles. The van der Waals surface area contributed by atoms with Crippen LogP contribution < -0.4 is 28.7 Å². The third-order valence-corrected chi connectivity index (χ3v) is 3.39. The molecule has 0 aromatic carbocycles. The third kappa shape index (κ3) is 3.97. The molecule has 0 aromatic rings. The summed E-state index contributed by atoms with van der Waals surface area (Å²) in [7, 11) is 0. The average molecular weight is 231 g/mol. The molecule has 1 aliphatic carbocycles. The highest BCUT2D eigenvalue weighted by Gasteiger charge is 2.28. The minimum absolute atomic E-state index is 0.494. The largest absolute Gasteiger partial charge is 0.345 e. The molecule has 10 N–H and O–H groups in total. The van der Waals surface area contributed by atoms with Gasteiger partial charge in [0.15, 0.2) is 5.85 Å². The quantitative estimate of drug-likeness (QED) is 0.368. The van der Waals surface area contributed by atoms with Crippen LogP contribution in [0, 0.1) is 11.8 Å². The summed E-state index contributed by atoms with van der Waals surface area (Å²) in [6, 6.07) is 0. The van der Waals surface area contributed by atoms with Gasteiger partial charge in [-0.2, -0.15) is 0 Å². The topological polar surface area (TPSA) is 139 Å². The van der Waals surface area contributed by atoms with Gasteiger partial charge in [-0.1, -0.05) is 0 Å². The molecule has 16 heavy (non-hydrogen) atoms. The Morgan fingerprint density at radius 3 is 2.00 bits per heavy atom. The van der Waals surface area contributed by atoms with E-state index in [1.807, 2.05) is 0 Å². The molecule has 0 saturated heterocycles. The molecule has 1 rings (SSSR count). The van der Waals surface area contributed by atoms with E-state index in [0.717, 1.165) is 32.2 Å². The SMILES string of the molecule is NCC1CCC(COC(N)(N)C(N)N)CC1. The zero-order valence-corrected chi connectivity index (χ0v) is 9.77. The van der Waals surface area contributed by atoms with Crippen LogP contribution in [0.2, 0.25) is 0 Å². The van der Waals surface area contributed by atoms with Gasteiger partial charge in [0.2, 0.25) is 0 Å². The van der Waals surface area contributed by atoms with E-state index in [0.29, 0.717) is 18.4 Å². The maximum absolute atomic E-state index is 5.63. The fourth-order valence-corrected chi connectivity index (χ4v) is 1.99. The average Bonchev–Trinajstić information content (AvgIpc) is 2.27. The van der Waals surface area contributed by atoms with Gasteiger partial charge >= 0.3 is 0 Å². The molecule has 0 aliphatic heterocycles. The molecule has 0 atom stereocenters. The van der Waals surface area contributed by atoms with E-state index in [4.69, 9.17) is 33.4 Å². The van der Waals surface area contributed by atoms with E-state index in [9.17, 15) is 0 Å². The van der Waals surface area contributed by atoms with Gasteiger partial charge in [-0.25, -0.2) is 0 Å². The molecular weight excluding hydrogens is 206 g/mol. The molecule has 96 valence electrons. The summed E-state index contributed by atoms with van der Waals surface area (Å²) in [5.74, 6) is -0.272. The molecule has 0 bridgehead atoms. The van der Waals surface area contributed by atoms with Gasteiger partial charge in [-0.05, 0) is 44.1 Å². The second-order valence-electron chi connectivity index (χ2n) is 4.81. The molecule has 0 amide bonds. The zero-order chi connectivity index (χ0) is 12.2. The second kappa shape index (κ2) is 5.90. The lowest BCUT2D eigenvalue weighted by atomic mass is 9.82. The summed E-state index contributed by atoms with van der Waals surface area (Å²) >= 11 is 0. The van der Waals surface area contributed by atoms with Crippen molar-refractivity contribution in [2.75, 3.05) is 13.2 Å². The maximum Gasteiger partial charge on any atom is 0.198 e. The van der Waals surface area contributed by atoms with Crippen molar-refractivity contribution in [2.45, 2.75) is 37.7 Å². The van der Waals surface area contributed by atoms with E-state index >= 15 is 0 Å². The molecule has 6 nitrogen and oxygen atoms in total. The highest BCUT2D eigenvalue weighted by atomic mass is 16.5. The lowest BCUT2D eigenvalue weighted by molar-refractivity contribution is -0.0736.